The fourth-order valence-corrected chi connectivity index (χ4v) is 4.92. The highest BCUT2D eigenvalue weighted by molar-refractivity contribution is 5.65. The summed E-state index contributed by atoms with van der Waals surface area (Å²) < 4.78 is 56.1. The monoisotopic (exact) mass is 572 g/mol. The van der Waals surface area contributed by atoms with Crippen LogP contribution in [0, 0.1) is 23.0 Å². The molecular formula is C30H35F3N4O4. The summed E-state index contributed by atoms with van der Waals surface area (Å²) in [6.07, 6.45) is 0.921. The number of nitrogens with one attached hydrogen (secondary N) is 1. The van der Waals surface area contributed by atoms with Crippen LogP contribution in [0.2, 0.25) is 0 Å². The van der Waals surface area contributed by atoms with Gasteiger partial charge in [-0.1, -0.05) is 32.1 Å². The molecule has 220 valence electrons. The molecule has 8 nitrogen and oxygen atoms in total. The number of hydrogen-bond acceptors (Lipinski definition) is 5. The van der Waals surface area contributed by atoms with Crippen LogP contribution in [0.25, 0.3) is 11.3 Å². The van der Waals surface area contributed by atoms with Crippen molar-refractivity contribution in [3.63, 3.8) is 0 Å². The van der Waals surface area contributed by atoms with Crippen LogP contribution in [0.15, 0.2) is 61.3 Å². The van der Waals surface area contributed by atoms with Gasteiger partial charge in [0.1, 0.15) is 29.4 Å². The number of nitrogens with zero attached hydrogens (tertiary/aromatic N) is 3. The highest BCUT2D eigenvalue weighted by Crippen LogP contribution is 2.37. The molecule has 4 rings (SSSR count). The zero-order chi connectivity index (χ0) is 29.7. The van der Waals surface area contributed by atoms with E-state index in [4.69, 9.17) is 14.5 Å². The molecule has 41 heavy (non-hydrogen) atoms. The first-order chi connectivity index (χ1) is 19.5. The number of aromatic nitrogens is 2. The lowest BCUT2D eigenvalue weighted by molar-refractivity contribution is 0.0511. The summed E-state index contributed by atoms with van der Waals surface area (Å²) in [5, 5.41) is 12.7. The fraction of sp³-hybridized carbons (Fsp3) is 0.400. The Labute approximate surface area is 237 Å². The Morgan fingerprint density at radius 2 is 2.05 bits per heavy atom. The zero-order valence-electron chi connectivity index (χ0n) is 23.3. The minimum Gasteiger partial charge on any atom is -0.468 e. The SMILES string of the molecule is C=CC(C)(C)[C@@H](NCC1CN(C(=O)O)CC1F)c1nc(-c2cc(F)ccc2F)cn1Cc1cccc(OCOC)c1. The van der Waals surface area contributed by atoms with Gasteiger partial charge in [0.05, 0.1) is 18.3 Å². The van der Waals surface area contributed by atoms with Gasteiger partial charge in [0.2, 0.25) is 0 Å². The van der Waals surface area contributed by atoms with Gasteiger partial charge in [0.15, 0.2) is 6.79 Å². The molecule has 0 saturated carbocycles. The number of likely N-dealkylation sites (tertiary alicyclic amines) is 1. The zero-order valence-corrected chi connectivity index (χ0v) is 23.3. The van der Waals surface area contributed by atoms with Crippen molar-refractivity contribution < 1.29 is 32.5 Å². The molecule has 0 aliphatic carbocycles. The molecule has 11 heteroatoms. The Hall–Kier alpha value is -3.83. The van der Waals surface area contributed by atoms with Crippen LogP contribution in [0.5, 0.6) is 5.75 Å². The van der Waals surface area contributed by atoms with E-state index in [0.29, 0.717) is 18.1 Å². The van der Waals surface area contributed by atoms with Gasteiger partial charge in [-0.25, -0.2) is 22.9 Å². The summed E-state index contributed by atoms with van der Waals surface area (Å²) >= 11 is 0. The van der Waals surface area contributed by atoms with Crippen molar-refractivity contribution in [2.45, 2.75) is 32.6 Å². The molecule has 1 saturated heterocycles. The van der Waals surface area contributed by atoms with E-state index in [9.17, 15) is 23.1 Å². The van der Waals surface area contributed by atoms with Gasteiger partial charge < -0.3 is 29.4 Å². The number of hydrogen-bond donors (Lipinski definition) is 2. The molecule has 1 aromatic heterocycles. The third-order valence-corrected chi connectivity index (χ3v) is 7.35. The van der Waals surface area contributed by atoms with Crippen LogP contribution in [0.3, 0.4) is 0 Å². The number of amides is 1. The normalized spacial score (nSPS) is 18.0. The number of halogens is 3. The molecule has 1 aliphatic rings. The van der Waals surface area contributed by atoms with Crippen LogP contribution in [0.1, 0.15) is 31.3 Å². The Balaban J connectivity index is 1.73. The van der Waals surface area contributed by atoms with Crippen molar-refractivity contribution in [1.29, 1.82) is 0 Å². The second-order valence-electron chi connectivity index (χ2n) is 10.8. The van der Waals surface area contributed by atoms with E-state index >= 15 is 0 Å². The van der Waals surface area contributed by atoms with Gasteiger partial charge in [-0.3, -0.25) is 0 Å². The van der Waals surface area contributed by atoms with E-state index in [1.165, 1.54) is 7.11 Å². The number of carboxylic acid groups (broad SMARTS) is 1. The molecule has 1 aliphatic heterocycles. The number of alkyl halides is 1. The third-order valence-electron chi connectivity index (χ3n) is 7.35. The molecule has 1 fully saturated rings. The van der Waals surface area contributed by atoms with E-state index < -0.39 is 41.3 Å². The van der Waals surface area contributed by atoms with Crippen molar-refractivity contribution >= 4 is 6.09 Å². The van der Waals surface area contributed by atoms with Crippen LogP contribution in [0.4, 0.5) is 18.0 Å². The molecule has 1 amide bonds. The molecule has 0 spiro atoms. The standard InChI is InChI=1S/C30H35F3N4O4/c1-5-30(2,3)27(34-13-20-15-37(29(38)39)16-25(20)33)28-35-26(23-12-21(31)9-10-24(23)32)17-36(28)14-19-7-6-8-22(11-19)41-18-40-4/h5-12,17,20,25,27,34H,1,13-16,18H2,2-4H3,(H,38,39)/t20?,25?,27-/m0/s1. The van der Waals surface area contributed by atoms with E-state index in [1.54, 1.807) is 18.3 Å². The summed E-state index contributed by atoms with van der Waals surface area (Å²) in [6, 6.07) is 10.0. The van der Waals surface area contributed by atoms with Crippen LogP contribution in [-0.4, -0.2) is 65.4 Å². The summed E-state index contributed by atoms with van der Waals surface area (Å²) in [5.41, 5.74) is 0.474. The number of ether oxygens (including phenoxy) is 2. The first-order valence-corrected chi connectivity index (χ1v) is 13.2. The van der Waals surface area contributed by atoms with Gasteiger partial charge in [0.25, 0.3) is 0 Å². The summed E-state index contributed by atoms with van der Waals surface area (Å²) in [6.45, 7) is 8.29. The molecule has 3 atom stereocenters. The lowest BCUT2D eigenvalue weighted by Gasteiger charge is -2.33. The van der Waals surface area contributed by atoms with Gasteiger partial charge in [-0.2, -0.15) is 0 Å². The minimum absolute atomic E-state index is 0.00838. The van der Waals surface area contributed by atoms with Crippen molar-refractivity contribution in [1.82, 2.24) is 19.8 Å². The number of methoxy groups -OCH3 is 1. The van der Waals surface area contributed by atoms with Crippen LogP contribution >= 0.6 is 0 Å². The number of benzene rings is 2. The van der Waals surface area contributed by atoms with E-state index in [1.807, 2.05) is 36.6 Å². The summed E-state index contributed by atoms with van der Waals surface area (Å²) in [7, 11) is 1.53. The molecule has 2 unspecified atom stereocenters. The Bertz CT molecular complexity index is 1380. The molecule has 2 aromatic carbocycles. The van der Waals surface area contributed by atoms with Crippen molar-refractivity contribution in [3.8, 4) is 17.0 Å². The van der Waals surface area contributed by atoms with E-state index in [-0.39, 0.29) is 37.7 Å². The molecule has 3 aromatic rings. The topological polar surface area (TPSA) is 88.9 Å². The van der Waals surface area contributed by atoms with Crippen LogP contribution in [-0.2, 0) is 11.3 Å². The lowest BCUT2D eigenvalue weighted by Crippen LogP contribution is -2.39. The van der Waals surface area contributed by atoms with Gasteiger partial charge in [-0.05, 0) is 35.9 Å². The summed E-state index contributed by atoms with van der Waals surface area (Å²) in [5.74, 6) is -0.681. The average Bonchev–Trinajstić information content (AvgIpc) is 3.52. The average molecular weight is 573 g/mol. The number of rotatable bonds is 12. The predicted molar refractivity (Wildman–Crippen MR) is 148 cm³/mol. The van der Waals surface area contributed by atoms with Crippen LogP contribution < -0.4 is 10.1 Å². The second-order valence-corrected chi connectivity index (χ2v) is 10.8. The Morgan fingerprint density at radius 1 is 1.27 bits per heavy atom. The quantitative estimate of drug-likeness (QED) is 0.215. The minimum atomic E-state index is -1.32. The molecule has 2 heterocycles. The Morgan fingerprint density at radius 3 is 2.73 bits per heavy atom. The summed E-state index contributed by atoms with van der Waals surface area (Å²) in [4.78, 5) is 17.2. The Kier molecular flexibility index (Phi) is 9.39. The highest BCUT2D eigenvalue weighted by atomic mass is 19.1. The smallest absolute Gasteiger partial charge is 0.407 e. The van der Waals surface area contributed by atoms with Gasteiger partial charge in [0, 0.05) is 49.8 Å². The first kappa shape index (κ1) is 30.1. The largest absolute Gasteiger partial charge is 0.468 e. The molecule has 0 radical (unpaired) electrons. The van der Waals surface area contributed by atoms with Crippen molar-refractivity contribution in [2.75, 3.05) is 33.5 Å². The third kappa shape index (κ3) is 7.09. The molecule has 0 bridgehead atoms. The maximum Gasteiger partial charge on any atom is 0.407 e. The van der Waals surface area contributed by atoms with E-state index in [0.717, 1.165) is 28.7 Å². The van der Waals surface area contributed by atoms with Gasteiger partial charge >= 0.3 is 6.09 Å². The maximum atomic E-state index is 14.8. The number of imidazole rings is 1. The van der Waals surface area contributed by atoms with E-state index in [2.05, 4.69) is 11.9 Å². The number of carbonyl (C=O) groups is 1. The maximum absolute atomic E-state index is 14.8. The highest BCUT2D eigenvalue weighted by Gasteiger charge is 2.38. The molecular weight excluding hydrogens is 537 g/mol. The fourth-order valence-electron chi connectivity index (χ4n) is 4.92. The molecule has 2 N–H and O–H groups in total. The van der Waals surface area contributed by atoms with Gasteiger partial charge in [-0.15, -0.1) is 6.58 Å². The first-order valence-electron chi connectivity index (χ1n) is 13.2. The van der Waals surface area contributed by atoms with Crippen molar-refractivity contribution in [3.05, 3.63) is 84.3 Å². The predicted octanol–water partition coefficient (Wildman–Crippen LogP) is 5.65. The lowest BCUT2D eigenvalue weighted by atomic mass is 9.83. The van der Waals surface area contributed by atoms with Crippen molar-refractivity contribution in [2.24, 2.45) is 11.3 Å². The second kappa shape index (κ2) is 12.8.